The molecule has 2 aromatic heterocycles. The van der Waals surface area contributed by atoms with Gasteiger partial charge in [-0.2, -0.15) is 4.98 Å². The second-order valence-electron chi connectivity index (χ2n) is 5.68. The molecule has 124 valence electrons. The molecule has 2 aromatic rings. The molecule has 0 atom stereocenters. The van der Waals surface area contributed by atoms with Crippen molar-refractivity contribution in [2.75, 3.05) is 43.2 Å². The standard InChI is InChI=1S/C16H23N5OS/c1-4-13-9-15(20(3)10-14-11-23-12(2)17-14)19-16(18-13)21-5-7-22-8-6-21/h9,11H,4-8,10H2,1-3H3. The lowest BCUT2D eigenvalue weighted by Crippen LogP contribution is -2.37. The van der Waals surface area contributed by atoms with Gasteiger partial charge < -0.3 is 14.5 Å². The Morgan fingerprint density at radius 3 is 2.65 bits per heavy atom. The molecule has 3 heterocycles. The fourth-order valence-corrected chi connectivity index (χ4v) is 3.16. The number of morpholine rings is 1. The summed E-state index contributed by atoms with van der Waals surface area (Å²) < 4.78 is 5.42. The van der Waals surface area contributed by atoms with E-state index in [1.165, 1.54) is 0 Å². The number of thiazole rings is 1. The van der Waals surface area contributed by atoms with Crippen LogP contribution in [0.25, 0.3) is 0 Å². The molecule has 0 saturated carbocycles. The van der Waals surface area contributed by atoms with Gasteiger partial charge in [-0.1, -0.05) is 6.92 Å². The molecule has 0 bridgehead atoms. The van der Waals surface area contributed by atoms with Crippen molar-refractivity contribution in [1.29, 1.82) is 0 Å². The van der Waals surface area contributed by atoms with Crippen LogP contribution >= 0.6 is 11.3 Å². The molecule has 0 amide bonds. The average Bonchev–Trinajstić information content (AvgIpc) is 3.00. The predicted molar refractivity (Wildman–Crippen MR) is 93.4 cm³/mol. The molecule has 0 N–H and O–H groups in total. The molecule has 1 aliphatic rings. The molecule has 0 unspecified atom stereocenters. The highest BCUT2D eigenvalue weighted by Crippen LogP contribution is 2.20. The van der Waals surface area contributed by atoms with Crippen LogP contribution in [0.1, 0.15) is 23.3 Å². The van der Waals surface area contributed by atoms with Crippen LogP contribution in [0.15, 0.2) is 11.4 Å². The van der Waals surface area contributed by atoms with Crippen LogP contribution in [-0.2, 0) is 17.7 Å². The third-order valence-electron chi connectivity index (χ3n) is 3.87. The first kappa shape index (κ1) is 16.1. The van der Waals surface area contributed by atoms with Crippen LogP contribution < -0.4 is 9.80 Å². The first-order valence-electron chi connectivity index (χ1n) is 7.98. The van der Waals surface area contributed by atoms with Gasteiger partial charge in [-0.3, -0.25) is 0 Å². The zero-order valence-corrected chi connectivity index (χ0v) is 14.8. The van der Waals surface area contributed by atoms with Crippen molar-refractivity contribution in [3.05, 3.63) is 27.8 Å². The van der Waals surface area contributed by atoms with Gasteiger partial charge in [-0.05, 0) is 13.3 Å². The number of hydrogen-bond acceptors (Lipinski definition) is 7. The molecule has 23 heavy (non-hydrogen) atoms. The van der Waals surface area contributed by atoms with E-state index in [0.717, 1.165) is 67.4 Å². The van der Waals surface area contributed by atoms with Crippen molar-refractivity contribution < 1.29 is 4.74 Å². The van der Waals surface area contributed by atoms with E-state index in [4.69, 9.17) is 9.72 Å². The Morgan fingerprint density at radius 1 is 1.22 bits per heavy atom. The lowest BCUT2D eigenvalue weighted by atomic mass is 10.3. The van der Waals surface area contributed by atoms with E-state index in [-0.39, 0.29) is 0 Å². The van der Waals surface area contributed by atoms with Crippen molar-refractivity contribution in [2.24, 2.45) is 0 Å². The molecular formula is C16H23N5OS. The molecule has 1 aliphatic heterocycles. The summed E-state index contributed by atoms with van der Waals surface area (Å²) in [5.41, 5.74) is 2.15. The average molecular weight is 333 g/mol. The second-order valence-corrected chi connectivity index (χ2v) is 6.75. The molecule has 0 aliphatic carbocycles. The number of hydrogen-bond donors (Lipinski definition) is 0. The Kier molecular flexibility index (Phi) is 5.07. The van der Waals surface area contributed by atoms with Crippen LogP contribution in [0.5, 0.6) is 0 Å². The van der Waals surface area contributed by atoms with Gasteiger partial charge in [-0.25, -0.2) is 9.97 Å². The number of aromatic nitrogens is 3. The maximum Gasteiger partial charge on any atom is 0.227 e. The van der Waals surface area contributed by atoms with Gasteiger partial charge in [-0.15, -0.1) is 11.3 Å². The third-order valence-corrected chi connectivity index (χ3v) is 4.69. The van der Waals surface area contributed by atoms with Crippen molar-refractivity contribution >= 4 is 23.1 Å². The first-order valence-corrected chi connectivity index (χ1v) is 8.86. The monoisotopic (exact) mass is 333 g/mol. The van der Waals surface area contributed by atoms with Crippen molar-refractivity contribution in [2.45, 2.75) is 26.8 Å². The zero-order valence-electron chi connectivity index (χ0n) is 13.9. The summed E-state index contributed by atoms with van der Waals surface area (Å²) in [6.07, 6.45) is 0.899. The van der Waals surface area contributed by atoms with Crippen molar-refractivity contribution in [1.82, 2.24) is 15.0 Å². The molecular weight excluding hydrogens is 310 g/mol. The maximum absolute atomic E-state index is 5.42. The minimum absolute atomic E-state index is 0.739. The topological polar surface area (TPSA) is 54.4 Å². The minimum Gasteiger partial charge on any atom is -0.378 e. The predicted octanol–water partition coefficient (Wildman–Crippen LogP) is 2.28. The third kappa shape index (κ3) is 3.97. The van der Waals surface area contributed by atoms with Crippen LogP contribution in [0.2, 0.25) is 0 Å². The fraction of sp³-hybridized carbons (Fsp3) is 0.562. The summed E-state index contributed by atoms with van der Waals surface area (Å²) in [6, 6.07) is 2.07. The van der Waals surface area contributed by atoms with Crippen LogP contribution in [0, 0.1) is 6.92 Å². The molecule has 0 spiro atoms. The Balaban J connectivity index is 1.82. The summed E-state index contributed by atoms with van der Waals surface area (Å²) in [5, 5.41) is 3.20. The highest BCUT2D eigenvalue weighted by molar-refractivity contribution is 7.09. The molecule has 3 rings (SSSR count). The van der Waals surface area contributed by atoms with Gasteiger partial charge >= 0.3 is 0 Å². The zero-order chi connectivity index (χ0) is 16.2. The molecule has 6 nitrogen and oxygen atoms in total. The summed E-state index contributed by atoms with van der Waals surface area (Å²) in [7, 11) is 2.06. The Morgan fingerprint density at radius 2 is 2.00 bits per heavy atom. The van der Waals surface area contributed by atoms with Gasteiger partial charge in [0.25, 0.3) is 0 Å². The van der Waals surface area contributed by atoms with Crippen molar-refractivity contribution in [3.63, 3.8) is 0 Å². The smallest absolute Gasteiger partial charge is 0.227 e. The number of anilines is 2. The summed E-state index contributed by atoms with van der Waals surface area (Å²) in [6.45, 7) is 8.09. The largest absolute Gasteiger partial charge is 0.378 e. The van der Waals surface area contributed by atoms with Gasteiger partial charge in [0.1, 0.15) is 5.82 Å². The van der Waals surface area contributed by atoms with E-state index in [1.54, 1.807) is 11.3 Å². The SMILES string of the molecule is CCc1cc(N(C)Cc2csc(C)n2)nc(N2CCOCC2)n1. The van der Waals surface area contributed by atoms with Crippen LogP contribution in [-0.4, -0.2) is 48.3 Å². The van der Waals surface area contributed by atoms with Gasteiger partial charge in [0.2, 0.25) is 5.95 Å². The lowest BCUT2D eigenvalue weighted by Gasteiger charge is -2.28. The Labute approximate surface area is 141 Å². The second kappa shape index (κ2) is 7.23. The summed E-state index contributed by atoms with van der Waals surface area (Å²) in [4.78, 5) is 18.3. The lowest BCUT2D eigenvalue weighted by molar-refractivity contribution is 0.122. The highest BCUT2D eigenvalue weighted by atomic mass is 32.1. The molecule has 0 aromatic carbocycles. The van der Waals surface area contributed by atoms with E-state index in [1.807, 2.05) is 6.92 Å². The van der Waals surface area contributed by atoms with E-state index >= 15 is 0 Å². The first-order chi connectivity index (χ1) is 11.2. The molecule has 7 heteroatoms. The summed E-state index contributed by atoms with van der Waals surface area (Å²) in [5.74, 6) is 1.76. The van der Waals surface area contributed by atoms with Crippen molar-refractivity contribution in [3.8, 4) is 0 Å². The van der Waals surface area contributed by atoms with Crippen LogP contribution in [0.3, 0.4) is 0 Å². The quantitative estimate of drug-likeness (QED) is 0.837. The maximum atomic E-state index is 5.42. The summed E-state index contributed by atoms with van der Waals surface area (Å²) >= 11 is 1.68. The Hall–Kier alpha value is -1.73. The number of aryl methyl sites for hydroxylation is 2. The highest BCUT2D eigenvalue weighted by Gasteiger charge is 2.17. The fourth-order valence-electron chi connectivity index (χ4n) is 2.56. The molecule has 1 fully saturated rings. The number of nitrogens with zero attached hydrogens (tertiary/aromatic N) is 5. The minimum atomic E-state index is 0.739. The number of ether oxygens (including phenoxy) is 1. The van der Waals surface area contributed by atoms with E-state index < -0.39 is 0 Å². The Bertz CT molecular complexity index is 654. The molecule has 1 saturated heterocycles. The van der Waals surface area contributed by atoms with Gasteiger partial charge in [0, 0.05) is 37.3 Å². The molecule has 0 radical (unpaired) electrons. The number of rotatable bonds is 5. The normalized spacial score (nSPS) is 15.0. The van der Waals surface area contributed by atoms with Crippen LogP contribution in [0.4, 0.5) is 11.8 Å². The van der Waals surface area contributed by atoms with E-state index in [2.05, 4.69) is 45.2 Å². The van der Waals surface area contributed by atoms with Gasteiger partial charge in [0.15, 0.2) is 0 Å². The van der Waals surface area contributed by atoms with E-state index in [0.29, 0.717) is 0 Å². The van der Waals surface area contributed by atoms with E-state index in [9.17, 15) is 0 Å². The van der Waals surface area contributed by atoms with Gasteiger partial charge in [0.05, 0.1) is 30.5 Å².